The SMILES string of the molecule is CC(C)(C)C(NCC(=O)NCc1ccc(OC(F)F)cc1)c1cccs1. The minimum Gasteiger partial charge on any atom is -0.435 e. The predicted octanol–water partition coefficient (Wildman–Crippen LogP) is 4.34. The highest BCUT2D eigenvalue weighted by molar-refractivity contribution is 7.10. The number of alkyl halides is 2. The first-order valence-corrected chi connectivity index (χ1v) is 9.21. The van der Waals surface area contributed by atoms with Gasteiger partial charge in [-0.1, -0.05) is 39.0 Å². The number of halogens is 2. The van der Waals surface area contributed by atoms with Crippen molar-refractivity contribution in [2.45, 2.75) is 40.0 Å². The van der Waals surface area contributed by atoms with E-state index in [4.69, 9.17) is 0 Å². The summed E-state index contributed by atoms with van der Waals surface area (Å²) in [6.07, 6.45) is 0. The predicted molar refractivity (Wildman–Crippen MR) is 99.4 cm³/mol. The molecule has 1 amide bonds. The molecule has 0 radical (unpaired) electrons. The highest BCUT2D eigenvalue weighted by atomic mass is 32.1. The van der Waals surface area contributed by atoms with Crippen molar-refractivity contribution >= 4 is 17.2 Å². The highest BCUT2D eigenvalue weighted by Gasteiger charge is 2.27. The second-order valence-corrected chi connectivity index (χ2v) is 7.97. The quantitative estimate of drug-likeness (QED) is 0.714. The van der Waals surface area contributed by atoms with Gasteiger partial charge in [0.05, 0.1) is 6.54 Å². The average Bonchev–Trinajstić information content (AvgIpc) is 3.06. The molecular weight excluding hydrogens is 358 g/mol. The van der Waals surface area contributed by atoms with Crippen molar-refractivity contribution in [2.75, 3.05) is 6.54 Å². The maximum atomic E-state index is 12.1. The second-order valence-electron chi connectivity index (χ2n) is 6.99. The average molecular weight is 382 g/mol. The van der Waals surface area contributed by atoms with Crippen LogP contribution >= 0.6 is 11.3 Å². The molecule has 142 valence electrons. The minimum atomic E-state index is -2.84. The number of amides is 1. The normalized spacial score (nSPS) is 12.8. The number of carbonyl (C=O) groups is 1. The van der Waals surface area contributed by atoms with Crippen molar-refractivity contribution in [1.29, 1.82) is 0 Å². The fourth-order valence-corrected chi connectivity index (χ4v) is 3.58. The molecule has 1 atom stereocenters. The fourth-order valence-electron chi connectivity index (χ4n) is 2.54. The molecule has 4 nitrogen and oxygen atoms in total. The molecule has 7 heteroatoms. The first-order valence-electron chi connectivity index (χ1n) is 8.33. The topological polar surface area (TPSA) is 50.4 Å². The third-order valence-corrected chi connectivity index (χ3v) is 4.74. The van der Waals surface area contributed by atoms with E-state index in [0.717, 1.165) is 5.56 Å². The molecule has 2 rings (SSSR count). The number of benzene rings is 1. The van der Waals surface area contributed by atoms with Crippen molar-refractivity contribution in [3.05, 3.63) is 52.2 Å². The van der Waals surface area contributed by atoms with E-state index in [9.17, 15) is 13.6 Å². The molecule has 0 aliphatic carbocycles. The Morgan fingerprint density at radius 3 is 2.42 bits per heavy atom. The third-order valence-electron chi connectivity index (χ3n) is 3.80. The summed E-state index contributed by atoms with van der Waals surface area (Å²) in [6, 6.07) is 10.4. The lowest BCUT2D eigenvalue weighted by Crippen LogP contribution is -2.39. The van der Waals surface area contributed by atoms with Crippen LogP contribution in [0.25, 0.3) is 0 Å². The molecule has 2 N–H and O–H groups in total. The Bertz CT molecular complexity index is 683. The van der Waals surface area contributed by atoms with E-state index in [1.807, 2.05) is 11.4 Å². The number of hydrogen-bond acceptors (Lipinski definition) is 4. The number of rotatable bonds is 8. The number of carbonyl (C=O) groups excluding carboxylic acids is 1. The number of hydrogen-bond donors (Lipinski definition) is 2. The molecule has 1 aromatic carbocycles. The molecule has 0 fully saturated rings. The molecule has 0 bridgehead atoms. The Morgan fingerprint density at radius 2 is 1.88 bits per heavy atom. The van der Waals surface area contributed by atoms with E-state index >= 15 is 0 Å². The summed E-state index contributed by atoms with van der Waals surface area (Å²) >= 11 is 1.67. The molecule has 1 heterocycles. The summed E-state index contributed by atoms with van der Waals surface area (Å²) in [5.74, 6) is -0.0237. The van der Waals surface area contributed by atoms with E-state index in [1.165, 1.54) is 17.0 Å². The van der Waals surface area contributed by atoms with Crippen LogP contribution in [0.4, 0.5) is 8.78 Å². The maximum Gasteiger partial charge on any atom is 0.387 e. The van der Waals surface area contributed by atoms with Crippen LogP contribution < -0.4 is 15.4 Å². The zero-order valence-electron chi connectivity index (χ0n) is 15.1. The molecule has 0 saturated heterocycles. The van der Waals surface area contributed by atoms with Crippen molar-refractivity contribution in [3.63, 3.8) is 0 Å². The lowest BCUT2D eigenvalue weighted by Gasteiger charge is -2.30. The van der Waals surface area contributed by atoms with Gasteiger partial charge in [-0.3, -0.25) is 4.79 Å². The van der Waals surface area contributed by atoms with E-state index in [1.54, 1.807) is 23.5 Å². The van der Waals surface area contributed by atoms with E-state index in [2.05, 4.69) is 42.2 Å². The Morgan fingerprint density at radius 1 is 1.19 bits per heavy atom. The lowest BCUT2D eigenvalue weighted by molar-refractivity contribution is -0.120. The molecule has 0 aliphatic rings. The largest absolute Gasteiger partial charge is 0.435 e. The van der Waals surface area contributed by atoms with Crippen molar-refractivity contribution in [1.82, 2.24) is 10.6 Å². The van der Waals surface area contributed by atoms with Crippen LogP contribution in [0.2, 0.25) is 0 Å². The van der Waals surface area contributed by atoms with Gasteiger partial charge in [-0.15, -0.1) is 11.3 Å². The van der Waals surface area contributed by atoms with Crippen LogP contribution in [0, 0.1) is 5.41 Å². The van der Waals surface area contributed by atoms with Gasteiger partial charge in [0.15, 0.2) is 0 Å². The number of ether oxygens (including phenoxy) is 1. The van der Waals surface area contributed by atoms with Gasteiger partial charge in [0, 0.05) is 17.5 Å². The van der Waals surface area contributed by atoms with Gasteiger partial charge >= 0.3 is 6.61 Å². The van der Waals surface area contributed by atoms with Gasteiger partial charge in [0.2, 0.25) is 5.91 Å². The highest BCUT2D eigenvalue weighted by Crippen LogP contribution is 2.34. The summed E-state index contributed by atoms with van der Waals surface area (Å²) in [5.41, 5.74) is 0.789. The summed E-state index contributed by atoms with van der Waals surface area (Å²) in [5, 5.41) is 8.17. The van der Waals surface area contributed by atoms with Gasteiger partial charge in [0.25, 0.3) is 0 Å². The van der Waals surface area contributed by atoms with Crippen molar-refractivity contribution in [2.24, 2.45) is 5.41 Å². The molecule has 26 heavy (non-hydrogen) atoms. The Labute approximate surface area is 156 Å². The van der Waals surface area contributed by atoms with Crippen LogP contribution in [0.3, 0.4) is 0 Å². The van der Waals surface area contributed by atoms with Crippen LogP contribution in [-0.2, 0) is 11.3 Å². The number of nitrogens with one attached hydrogen (secondary N) is 2. The van der Waals surface area contributed by atoms with E-state index in [-0.39, 0.29) is 29.7 Å². The van der Waals surface area contributed by atoms with Gasteiger partial charge in [-0.25, -0.2) is 0 Å². The van der Waals surface area contributed by atoms with Crippen molar-refractivity contribution in [3.8, 4) is 5.75 Å². The second kappa shape index (κ2) is 9.09. The van der Waals surface area contributed by atoms with Gasteiger partial charge in [0.1, 0.15) is 5.75 Å². The molecule has 1 unspecified atom stereocenters. The fraction of sp³-hybridized carbons (Fsp3) is 0.421. The zero-order valence-corrected chi connectivity index (χ0v) is 15.9. The summed E-state index contributed by atoms with van der Waals surface area (Å²) in [4.78, 5) is 13.3. The summed E-state index contributed by atoms with van der Waals surface area (Å²) in [7, 11) is 0. The van der Waals surface area contributed by atoms with Gasteiger partial charge in [-0.05, 0) is 34.6 Å². The first kappa shape index (κ1) is 20.3. The maximum absolute atomic E-state index is 12.1. The number of thiophene rings is 1. The van der Waals surface area contributed by atoms with E-state index < -0.39 is 6.61 Å². The van der Waals surface area contributed by atoms with Crippen LogP contribution in [0.15, 0.2) is 41.8 Å². The Kier molecular flexibility index (Phi) is 7.11. The van der Waals surface area contributed by atoms with Crippen LogP contribution in [0.1, 0.15) is 37.3 Å². The first-order chi connectivity index (χ1) is 12.3. The molecule has 0 aliphatic heterocycles. The molecule has 1 aromatic heterocycles. The standard InChI is InChI=1S/C19H24F2N2O2S/c1-19(2,3)17(15-5-4-10-26-15)23-12-16(24)22-11-13-6-8-14(9-7-13)25-18(20)21/h4-10,17-18,23H,11-12H2,1-3H3,(H,22,24). The zero-order chi connectivity index (χ0) is 19.2. The minimum absolute atomic E-state index is 0.0222. The van der Waals surface area contributed by atoms with Crippen LogP contribution in [-0.4, -0.2) is 19.1 Å². The van der Waals surface area contributed by atoms with Crippen molar-refractivity contribution < 1.29 is 18.3 Å². The molecule has 0 spiro atoms. The third kappa shape index (κ3) is 6.38. The molecular formula is C19H24F2N2O2S. The van der Waals surface area contributed by atoms with Crippen LogP contribution in [0.5, 0.6) is 5.75 Å². The van der Waals surface area contributed by atoms with E-state index in [0.29, 0.717) is 6.54 Å². The molecule has 2 aromatic rings. The Balaban J connectivity index is 1.82. The monoisotopic (exact) mass is 382 g/mol. The molecule has 0 saturated carbocycles. The Hall–Kier alpha value is -1.99. The van der Waals surface area contributed by atoms with Gasteiger partial charge < -0.3 is 15.4 Å². The van der Waals surface area contributed by atoms with Gasteiger partial charge in [-0.2, -0.15) is 8.78 Å². The smallest absolute Gasteiger partial charge is 0.387 e. The summed E-state index contributed by atoms with van der Waals surface area (Å²) < 4.78 is 28.5. The lowest BCUT2D eigenvalue weighted by atomic mass is 9.86. The summed E-state index contributed by atoms with van der Waals surface area (Å²) in [6.45, 7) is 4.08.